The Labute approximate surface area is 206 Å². The Morgan fingerprint density at radius 2 is 1.76 bits per heavy atom. The molecule has 0 aliphatic carbocycles. The second-order valence-electron chi connectivity index (χ2n) is 7.54. The maximum atomic E-state index is 13.2. The third-order valence-corrected chi connectivity index (χ3v) is 5.89. The molecule has 6 nitrogen and oxygen atoms in total. The fourth-order valence-electron chi connectivity index (χ4n) is 3.40. The monoisotopic (exact) mass is 502 g/mol. The van der Waals surface area contributed by atoms with Gasteiger partial charge in [-0.15, -0.1) is 0 Å². The molecule has 0 atom stereocenters. The van der Waals surface area contributed by atoms with E-state index < -0.39 is 0 Å². The molecule has 170 valence electrons. The van der Waals surface area contributed by atoms with Crippen LogP contribution in [0.5, 0.6) is 0 Å². The molecule has 33 heavy (non-hydrogen) atoms. The zero-order valence-corrected chi connectivity index (χ0v) is 20.3. The largest absolute Gasteiger partial charge is 0.329 e. The van der Waals surface area contributed by atoms with E-state index >= 15 is 0 Å². The molecule has 0 amide bonds. The third-order valence-electron chi connectivity index (χ3n) is 5.10. The molecule has 2 N–H and O–H groups in total. The van der Waals surface area contributed by atoms with Gasteiger partial charge >= 0.3 is 0 Å². The number of hydrogen-bond donors (Lipinski definition) is 2. The van der Waals surface area contributed by atoms with Gasteiger partial charge in [0.05, 0.1) is 30.2 Å². The van der Waals surface area contributed by atoms with Gasteiger partial charge in [0.15, 0.2) is 10.9 Å². The van der Waals surface area contributed by atoms with Crippen LogP contribution in [0.1, 0.15) is 22.5 Å². The molecule has 0 aliphatic rings. The van der Waals surface area contributed by atoms with E-state index in [9.17, 15) is 4.39 Å². The highest BCUT2D eigenvalue weighted by molar-refractivity contribution is 7.80. The molecule has 0 radical (unpaired) electrons. The SMILES string of the molecule is Cc1nn(Cc2ccc(F)cc2)c(C)c1NC(=S)Nc1ccn(Cc2ccc(Cl)cc2Cl)n1. The van der Waals surface area contributed by atoms with Crippen molar-refractivity contribution in [2.24, 2.45) is 0 Å². The standard InChI is InChI=1S/C23H21Cl2FN6S/c1-14-22(15(2)32(29-14)12-16-3-7-19(26)8-4-16)28-23(33)27-21-9-10-31(30-21)13-17-5-6-18(24)11-20(17)25/h3-11H,12-13H2,1-2H3,(H2,27,28,30,33). The van der Waals surface area contributed by atoms with Gasteiger partial charge in [0, 0.05) is 22.3 Å². The first-order chi connectivity index (χ1) is 15.8. The molecule has 0 unspecified atom stereocenters. The summed E-state index contributed by atoms with van der Waals surface area (Å²) in [6, 6.07) is 13.6. The molecule has 4 aromatic rings. The number of aromatic nitrogens is 4. The minimum Gasteiger partial charge on any atom is -0.329 e. The lowest BCUT2D eigenvalue weighted by Gasteiger charge is -2.10. The van der Waals surface area contributed by atoms with E-state index in [-0.39, 0.29) is 5.82 Å². The van der Waals surface area contributed by atoms with Gasteiger partial charge in [-0.3, -0.25) is 9.36 Å². The number of rotatable bonds is 6. The van der Waals surface area contributed by atoms with E-state index in [1.54, 1.807) is 28.9 Å². The van der Waals surface area contributed by atoms with E-state index in [2.05, 4.69) is 20.8 Å². The fourth-order valence-corrected chi connectivity index (χ4v) is 4.07. The van der Waals surface area contributed by atoms with Crippen molar-refractivity contribution in [1.29, 1.82) is 0 Å². The number of nitrogens with one attached hydrogen (secondary N) is 2. The van der Waals surface area contributed by atoms with Crippen LogP contribution >= 0.6 is 35.4 Å². The minimum atomic E-state index is -0.260. The first-order valence-electron chi connectivity index (χ1n) is 10.1. The van der Waals surface area contributed by atoms with Gasteiger partial charge in [-0.1, -0.05) is 41.4 Å². The maximum Gasteiger partial charge on any atom is 0.176 e. The summed E-state index contributed by atoms with van der Waals surface area (Å²) in [5, 5.41) is 17.0. The molecule has 2 aromatic carbocycles. The van der Waals surface area contributed by atoms with Crippen LogP contribution in [-0.4, -0.2) is 24.7 Å². The van der Waals surface area contributed by atoms with Crippen LogP contribution in [-0.2, 0) is 13.1 Å². The van der Waals surface area contributed by atoms with Crippen molar-refractivity contribution in [3.05, 3.63) is 93.1 Å². The highest BCUT2D eigenvalue weighted by Gasteiger charge is 2.14. The quantitative estimate of drug-likeness (QED) is 0.314. The number of halogens is 3. The van der Waals surface area contributed by atoms with E-state index in [0.29, 0.717) is 34.1 Å². The van der Waals surface area contributed by atoms with Crippen LogP contribution in [0, 0.1) is 19.7 Å². The zero-order chi connectivity index (χ0) is 23.5. The van der Waals surface area contributed by atoms with Crippen LogP contribution in [0.3, 0.4) is 0 Å². The Hall–Kier alpha value is -2.94. The minimum absolute atomic E-state index is 0.260. The van der Waals surface area contributed by atoms with Crippen LogP contribution in [0.2, 0.25) is 10.0 Å². The lowest BCUT2D eigenvalue weighted by Crippen LogP contribution is -2.20. The summed E-state index contributed by atoms with van der Waals surface area (Å²) in [6.45, 7) is 4.90. The Kier molecular flexibility index (Phi) is 6.97. The molecule has 0 saturated carbocycles. The highest BCUT2D eigenvalue weighted by atomic mass is 35.5. The highest BCUT2D eigenvalue weighted by Crippen LogP contribution is 2.23. The Bertz CT molecular complexity index is 1300. The van der Waals surface area contributed by atoms with E-state index in [1.165, 1.54) is 12.1 Å². The number of benzene rings is 2. The van der Waals surface area contributed by atoms with E-state index in [1.807, 2.05) is 36.9 Å². The van der Waals surface area contributed by atoms with Crippen LogP contribution < -0.4 is 10.6 Å². The molecular formula is C23H21Cl2FN6S. The topological polar surface area (TPSA) is 59.7 Å². The van der Waals surface area contributed by atoms with Crippen LogP contribution in [0.25, 0.3) is 0 Å². The molecule has 2 heterocycles. The lowest BCUT2D eigenvalue weighted by molar-refractivity contribution is 0.622. The van der Waals surface area contributed by atoms with Gasteiger partial charge < -0.3 is 10.6 Å². The van der Waals surface area contributed by atoms with Crippen molar-refractivity contribution in [1.82, 2.24) is 19.6 Å². The van der Waals surface area contributed by atoms with Crippen LogP contribution in [0.4, 0.5) is 15.9 Å². The fraction of sp³-hybridized carbons (Fsp3) is 0.174. The van der Waals surface area contributed by atoms with Gasteiger partial charge in [0.2, 0.25) is 0 Å². The number of aryl methyl sites for hydroxylation is 1. The number of nitrogens with zero attached hydrogens (tertiary/aromatic N) is 4. The number of hydrogen-bond acceptors (Lipinski definition) is 3. The van der Waals surface area contributed by atoms with Gasteiger partial charge in [0.1, 0.15) is 5.82 Å². The summed E-state index contributed by atoms with van der Waals surface area (Å²) < 4.78 is 16.8. The summed E-state index contributed by atoms with van der Waals surface area (Å²) in [7, 11) is 0. The van der Waals surface area contributed by atoms with Crippen molar-refractivity contribution in [2.45, 2.75) is 26.9 Å². The summed E-state index contributed by atoms with van der Waals surface area (Å²) in [5.74, 6) is 0.344. The molecule has 4 rings (SSSR count). The van der Waals surface area contributed by atoms with Gasteiger partial charge in [-0.05, 0) is 61.5 Å². The van der Waals surface area contributed by atoms with Crippen LogP contribution in [0.15, 0.2) is 54.7 Å². The van der Waals surface area contributed by atoms with Crippen molar-refractivity contribution < 1.29 is 4.39 Å². The predicted octanol–water partition coefficient (Wildman–Crippen LogP) is 6.05. The zero-order valence-electron chi connectivity index (χ0n) is 17.9. The Morgan fingerprint density at radius 1 is 1.00 bits per heavy atom. The lowest BCUT2D eigenvalue weighted by atomic mass is 10.2. The maximum absolute atomic E-state index is 13.2. The average molecular weight is 503 g/mol. The molecule has 0 aliphatic heterocycles. The first-order valence-corrected chi connectivity index (χ1v) is 11.3. The predicted molar refractivity (Wildman–Crippen MR) is 135 cm³/mol. The molecule has 0 saturated heterocycles. The van der Waals surface area contributed by atoms with Crippen molar-refractivity contribution in [2.75, 3.05) is 10.6 Å². The smallest absolute Gasteiger partial charge is 0.176 e. The van der Waals surface area contributed by atoms with E-state index in [4.69, 9.17) is 35.4 Å². The molecule has 2 aromatic heterocycles. The Morgan fingerprint density at radius 3 is 2.48 bits per heavy atom. The molecule has 0 bridgehead atoms. The van der Waals surface area contributed by atoms with E-state index in [0.717, 1.165) is 28.2 Å². The van der Waals surface area contributed by atoms with Crippen molar-refractivity contribution in [3.8, 4) is 0 Å². The normalized spacial score (nSPS) is 10.9. The number of anilines is 2. The second-order valence-corrected chi connectivity index (χ2v) is 8.80. The van der Waals surface area contributed by atoms with Crippen molar-refractivity contribution in [3.63, 3.8) is 0 Å². The second kappa shape index (κ2) is 9.91. The summed E-state index contributed by atoms with van der Waals surface area (Å²) in [4.78, 5) is 0. The summed E-state index contributed by atoms with van der Waals surface area (Å²) in [6.07, 6.45) is 1.84. The van der Waals surface area contributed by atoms with Crippen molar-refractivity contribution >= 4 is 52.0 Å². The summed E-state index contributed by atoms with van der Waals surface area (Å²) >= 11 is 17.7. The average Bonchev–Trinajstić information content (AvgIpc) is 3.31. The molecule has 0 spiro atoms. The Balaban J connectivity index is 1.40. The van der Waals surface area contributed by atoms with Gasteiger partial charge in [-0.2, -0.15) is 10.2 Å². The summed E-state index contributed by atoms with van der Waals surface area (Å²) in [5.41, 5.74) is 4.42. The number of thiocarbonyl (C=S) groups is 1. The van der Waals surface area contributed by atoms with Gasteiger partial charge in [0.25, 0.3) is 0 Å². The first kappa shape index (κ1) is 23.2. The molecular weight excluding hydrogens is 482 g/mol. The molecule has 10 heteroatoms. The molecule has 0 fully saturated rings. The van der Waals surface area contributed by atoms with Gasteiger partial charge in [-0.25, -0.2) is 4.39 Å². The third kappa shape index (κ3) is 5.71.